The summed E-state index contributed by atoms with van der Waals surface area (Å²) < 4.78 is 15.3. The second kappa shape index (κ2) is 6.46. The van der Waals surface area contributed by atoms with Crippen LogP contribution in [0.25, 0.3) is 0 Å². The van der Waals surface area contributed by atoms with Crippen LogP contribution in [-0.2, 0) is 14.3 Å². The van der Waals surface area contributed by atoms with E-state index in [0.29, 0.717) is 11.3 Å². The van der Waals surface area contributed by atoms with Gasteiger partial charge in [0, 0.05) is 0 Å². The van der Waals surface area contributed by atoms with E-state index in [-0.39, 0.29) is 17.9 Å². The lowest BCUT2D eigenvalue weighted by molar-refractivity contribution is -0.570. The molecule has 0 amide bonds. The molecular formula is C15H17NO6. The van der Waals surface area contributed by atoms with Crippen LogP contribution < -0.4 is 4.74 Å². The second-order valence-electron chi connectivity index (χ2n) is 4.73. The van der Waals surface area contributed by atoms with E-state index in [1.165, 1.54) is 14.0 Å². The molecule has 1 aliphatic heterocycles. The van der Waals surface area contributed by atoms with Crippen molar-refractivity contribution in [3.05, 3.63) is 51.3 Å². The summed E-state index contributed by atoms with van der Waals surface area (Å²) in [5, 5.41) is 11.3. The van der Waals surface area contributed by atoms with Gasteiger partial charge in [-0.25, -0.2) is 4.79 Å². The van der Waals surface area contributed by atoms with Gasteiger partial charge in [0.05, 0.1) is 24.2 Å². The van der Waals surface area contributed by atoms with E-state index >= 15 is 0 Å². The molecule has 0 spiro atoms. The summed E-state index contributed by atoms with van der Waals surface area (Å²) in [7, 11) is 1.53. The Morgan fingerprint density at radius 3 is 2.50 bits per heavy atom. The molecule has 2 rings (SSSR count). The van der Waals surface area contributed by atoms with Gasteiger partial charge in [0.15, 0.2) is 0 Å². The molecule has 0 radical (unpaired) electrons. The first-order valence-electron chi connectivity index (χ1n) is 6.81. The molecule has 1 aromatic carbocycles. The van der Waals surface area contributed by atoms with Gasteiger partial charge >= 0.3 is 12.2 Å². The van der Waals surface area contributed by atoms with E-state index in [2.05, 4.69) is 0 Å². The number of ether oxygens (including phenoxy) is 3. The van der Waals surface area contributed by atoms with Crippen LogP contribution >= 0.6 is 0 Å². The first kappa shape index (κ1) is 15.8. The van der Waals surface area contributed by atoms with Gasteiger partial charge in [0.2, 0.25) is 0 Å². The van der Waals surface area contributed by atoms with Gasteiger partial charge in [-0.3, -0.25) is 10.1 Å². The summed E-state index contributed by atoms with van der Waals surface area (Å²) in [5.41, 5.74) is 0.788. The fourth-order valence-corrected chi connectivity index (χ4v) is 2.46. The summed E-state index contributed by atoms with van der Waals surface area (Å²) in [6.45, 7) is 3.40. The molecule has 7 heteroatoms. The van der Waals surface area contributed by atoms with Gasteiger partial charge in [-0.1, -0.05) is 12.1 Å². The molecule has 7 nitrogen and oxygen atoms in total. The zero-order valence-electron chi connectivity index (χ0n) is 12.6. The number of carbonyl (C=O) groups is 1. The summed E-state index contributed by atoms with van der Waals surface area (Å²) in [5.74, 6) is -0.551. The number of carbonyl (C=O) groups excluding carboxylic acids is 1. The molecule has 0 fully saturated rings. The largest absolute Gasteiger partial charge is 0.497 e. The van der Waals surface area contributed by atoms with Gasteiger partial charge < -0.3 is 14.2 Å². The van der Waals surface area contributed by atoms with Crippen molar-refractivity contribution in [2.24, 2.45) is 0 Å². The number of esters is 1. The number of benzene rings is 1. The Kier molecular flexibility index (Phi) is 4.65. The van der Waals surface area contributed by atoms with Crippen LogP contribution in [0.5, 0.6) is 5.75 Å². The van der Waals surface area contributed by atoms with Crippen molar-refractivity contribution in [1.82, 2.24) is 0 Å². The molecule has 118 valence electrons. The van der Waals surface area contributed by atoms with Crippen molar-refractivity contribution < 1.29 is 23.9 Å². The molecule has 0 unspecified atom stereocenters. The normalized spacial score (nSPS) is 20.5. The Hall–Kier alpha value is -2.57. The van der Waals surface area contributed by atoms with Crippen molar-refractivity contribution in [3.8, 4) is 5.75 Å². The molecule has 0 N–H and O–H groups in total. The lowest BCUT2D eigenvalue weighted by Crippen LogP contribution is -2.28. The Morgan fingerprint density at radius 1 is 1.36 bits per heavy atom. The zero-order valence-corrected chi connectivity index (χ0v) is 12.6. The van der Waals surface area contributed by atoms with Crippen LogP contribution in [0.3, 0.4) is 0 Å². The maximum Gasteiger partial charge on any atom is 0.364 e. The SMILES string of the molecule is CCOC(=O)C1=C(C)O[C@@H]([N+](=O)[O-])[C@@H]1c1ccc(OC)cc1. The van der Waals surface area contributed by atoms with E-state index in [0.717, 1.165) is 0 Å². The van der Waals surface area contributed by atoms with Gasteiger partial charge in [0.1, 0.15) is 17.4 Å². The summed E-state index contributed by atoms with van der Waals surface area (Å²) >= 11 is 0. The monoisotopic (exact) mass is 307 g/mol. The maximum atomic E-state index is 12.1. The van der Waals surface area contributed by atoms with Crippen molar-refractivity contribution in [3.63, 3.8) is 0 Å². The Balaban J connectivity index is 2.43. The molecular weight excluding hydrogens is 290 g/mol. The quantitative estimate of drug-likeness (QED) is 0.471. The Bertz CT molecular complexity index is 607. The predicted octanol–water partition coefficient (Wildman–Crippen LogP) is 2.25. The number of hydrogen-bond acceptors (Lipinski definition) is 6. The topological polar surface area (TPSA) is 87.9 Å². The summed E-state index contributed by atoms with van der Waals surface area (Å²) in [6.07, 6.45) is -1.34. The number of nitrogens with zero attached hydrogens (tertiary/aromatic N) is 1. The highest BCUT2D eigenvalue weighted by atomic mass is 16.7. The van der Waals surface area contributed by atoms with E-state index in [1.807, 2.05) is 0 Å². The lowest BCUT2D eigenvalue weighted by Gasteiger charge is -2.15. The number of methoxy groups -OCH3 is 1. The lowest BCUT2D eigenvalue weighted by atomic mass is 9.90. The standard InChI is InChI=1S/C15H17NO6/c1-4-21-15(17)12-9(2)22-14(16(18)19)13(12)10-5-7-11(20-3)8-6-10/h5-8,13-14H,4H2,1-3H3/t13-,14-/m1/s1. The maximum absolute atomic E-state index is 12.1. The fraction of sp³-hybridized carbons (Fsp3) is 0.400. The van der Waals surface area contributed by atoms with E-state index in [9.17, 15) is 14.9 Å². The second-order valence-corrected chi connectivity index (χ2v) is 4.73. The highest BCUT2D eigenvalue weighted by Crippen LogP contribution is 2.40. The van der Waals surface area contributed by atoms with E-state index < -0.39 is 23.0 Å². The van der Waals surface area contributed by atoms with Crippen molar-refractivity contribution in [1.29, 1.82) is 0 Å². The van der Waals surface area contributed by atoms with Crippen LogP contribution in [0, 0.1) is 10.1 Å². The minimum atomic E-state index is -1.34. The fourth-order valence-electron chi connectivity index (χ4n) is 2.46. The molecule has 22 heavy (non-hydrogen) atoms. The molecule has 0 aliphatic carbocycles. The van der Waals surface area contributed by atoms with Crippen LogP contribution in [0.1, 0.15) is 25.3 Å². The third kappa shape index (κ3) is 2.88. The van der Waals surface area contributed by atoms with Crippen LogP contribution in [0.15, 0.2) is 35.6 Å². The molecule has 0 saturated heterocycles. The summed E-state index contributed by atoms with van der Waals surface area (Å²) in [6, 6.07) is 6.73. The Labute approximate surface area is 127 Å². The third-order valence-corrected chi connectivity index (χ3v) is 3.45. The number of hydrogen-bond donors (Lipinski definition) is 0. The molecule has 1 heterocycles. The van der Waals surface area contributed by atoms with Crippen LogP contribution in [-0.4, -0.2) is 30.8 Å². The van der Waals surface area contributed by atoms with E-state index in [4.69, 9.17) is 14.2 Å². The minimum absolute atomic E-state index is 0.189. The smallest absolute Gasteiger partial charge is 0.364 e. The first-order valence-corrected chi connectivity index (χ1v) is 6.81. The van der Waals surface area contributed by atoms with Gasteiger partial charge in [0.25, 0.3) is 0 Å². The molecule has 0 bridgehead atoms. The highest BCUT2D eigenvalue weighted by molar-refractivity contribution is 5.91. The highest BCUT2D eigenvalue weighted by Gasteiger charge is 2.47. The van der Waals surface area contributed by atoms with Crippen molar-refractivity contribution in [2.75, 3.05) is 13.7 Å². The molecule has 0 aromatic heterocycles. The van der Waals surface area contributed by atoms with Crippen LogP contribution in [0.4, 0.5) is 0 Å². The van der Waals surface area contributed by atoms with E-state index in [1.54, 1.807) is 31.2 Å². The van der Waals surface area contributed by atoms with Gasteiger partial charge in [-0.15, -0.1) is 0 Å². The molecule has 1 aliphatic rings. The predicted molar refractivity (Wildman–Crippen MR) is 76.9 cm³/mol. The average molecular weight is 307 g/mol. The molecule has 0 saturated carbocycles. The minimum Gasteiger partial charge on any atom is -0.497 e. The van der Waals surface area contributed by atoms with Crippen molar-refractivity contribution in [2.45, 2.75) is 26.0 Å². The average Bonchev–Trinajstić information content (AvgIpc) is 2.85. The zero-order chi connectivity index (χ0) is 16.3. The first-order chi connectivity index (χ1) is 10.5. The van der Waals surface area contributed by atoms with Crippen LogP contribution in [0.2, 0.25) is 0 Å². The summed E-state index contributed by atoms with van der Waals surface area (Å²) in [4.78, 5) is 22.8. The number of allylic oxidation sites excluding steroid dienone is 1. The number of rotatable bonds is 5. The Morgan fingerprint density at radius 2 is 2.00 bits per heavy atom. The number of nitro groups is 1. The third-order valence-electron chi connectivity index (χ3n) is 3.45. The van der Waals surface area contributed by atoms with Gasteiger partial charge in [-0.05, 0) is 31.5 Å². The molecule has 2 atom stereocenters. The van der Waals surface area contributed by atoms with Crippen molar-refractivity contribution >= 4 is 5.97 Å². The van der Waals surface area contributed by atoms with Gasteiger partial charge in [-0.2, -0.15) is 0 Å². The molecule has 1 aromatic rings.